The van der Waals surface area contributed by atoms with Crippen LogP contribution in [0.5, 0.6) is 0 Å². The van der Waals surface area contributed by atoms with E-state index in [0.717, 1.165) is 25.0 Å². The molecule has 0 saturated heterocycles. The fourth-order valence-electron chi connectivity index (χ4n) is 2.59. The van der Waals surface area contributed by atoms with Crippen LogP contribution in [0.25, 0.3) is 0 Å². The van der Waals surface area contributed by atoms with E-state index >= 15 is 0 Å². The van der Waals surface area contributed by atoms with E-state index in [0.29, 0.717) is 6.61 Å². The van der Waals surface area contributed by atoms with E-state index in [9.17, 15) is 8.42 Å². The molecular formula is C15H30O3S. The zero-order chi connectivity index (χ0) is 14.0. The highest BCUT2D eigenvalue weighted by Crippen LogP contribution is 2.31. The molecule has 0 heterocycles. The van der Waals surface area contributed by atoms with E-state index in [4.69, 9.17) is 4.18 Å². The summed E-state index contributed by atoms with van der Waals surface area (Å²) in [4.78, 5) is 0. The van der Waals surface area contributed by atoms with Crippen LogP contribution in [0.3, 0.4) is 0 Å². The fourth-order valence-corrected chi connectivity index (χ4v) is 3.01. The summed E-state index contributed by atoms with van der Waals surface area (Å²) in [6, 6.07) is 0. The predicted octanol–water partition coefficient (Wildman–Crippen LogP) is 4.27. The monoisotopic (exact) mass is 290 g/mol. The van der Waals surface area contributed by atoms with Gasteiger partial charge in [-0.25, -0.2) is 0 Å². The fraction of sp³-hybridized carbons (Fsp3) is 1.00. The Morgan fingerprint density at radius 1 is 0.895 bits per heavy atom. The first-order valence-electron chi connectivity index (χ1n) is 7.92. The first kappa shape index (κ1) is 17.0. The maximum atomic E-state index is 10.7. The number of hydrogen-bond donors (Lipinski definition) is 0. The third-order valence-electron chi connectivity index (χ3n) is 4.03. The average molecular weight is 290 g/mol. The Morgan fingerprint density at radius 3 is 1.89 bits per heavy atom. The zero-order valence-electron chi connectivity index (χ0n) is 12.4. The molecule has 19 heavy (non-hydrogen) atoms. The Kier molecular flexibility index (Phi) is 8.71. The summed E-state index contributed by atoms with van der Waals surface area (Å²) in [6.07, 6.45) is 16.9. The molecule has 0 aromatic heterocycles. The molecule has 0 unspecified atom stereocenters. The van der Waals surface area contributed by atoms with Crippen LogP contribution < -0.4 is 0 Å². The molecule has 1 aliphatic carbocycles. The van der Waals surface area contributed by atoms with Crippen molar-refractivity contribution in [2.24, 2.45) is 5.92 Å². The lowest BCUT2D eigenvalue weighted by Crippen LogP contribution is -2.10. The summed E-state index contributed by atoms with van der Waals surface area (Å²) < 4.78 is 26.1. The topological polar surface area (TPSA) is 43.4 Å². The van der Waals surface area contributed by atoms with Crippen molar-refractivity contribution in [3.05, 3.63) is 0 Å². The number of hydrogen-bond acceptors (Lipinski definition) is 3. The minimum Gasteiger partial charge on any atom is -0.270 e. The minimum atomic E-state index is -3.24. The third kappa shape index (κ3) is 10.4. The minimum absolute atomic E-state index is 0.347. The van der Waals surface area contributed by atoms with Gasteiger partial charge in [0.15, 0.2) is 0 Å². The molecule has 1 aliphatic rings. The average Bonchev–Trinajstić information content (AvgIpc) is 2.27. The zero-order valence-corrected chi connectivity index (χ0v) is 13.2. The Bertz CT molecular complexity index is 307. The molecule has 0 atom stereocenters. The first-order valence-corrected chi connectivity index (χ1v) is 9.74. The van der Waals surface area contributed by atoms with Gasteiger partial charge in [0, 0.05) is 0 Å². The van der Waals surface area contributed by atoms with Crippen LogP contribution in [0, 0.1) is 5.92 Å². The molecule has 0 aromatic rings. The lowest BCUT2D eigenvalue weighted by atomic mass is 9.81. The quantitative estimate of drug-likeness (QED) is 0.398. The van der Waals surface area contributed by atoms with Crippen LogP contribution in [-0.4, -0.2) is 21.3 Å². The molecule has 0 aliphatic heterocycles. The summed E-state index contributed by atoms with van der Waals surface area (Å²) in [5.41, 5.74) is 0. The van der Waals surface area contributed by atoms with E-state index in [1.54, 1.807) is 0 Å². The van der Waals surface area contributed by atoms with Crippen LogP contribution in [0.1, 0.15) is 77.0 Å². The van der Waals surface area contributed by atoms with Crippen molar-refractivity contribution in [1.29, 1.82) is 0 Å². The highest BCUT2D eigenvalue weighted by molar-refractivity contribution is 7.85. The van der Waals surface area contributed by atoms with Crippen LogP contribution in [0.15, 0.2) is 0 Å². The molecular weight excluding hydrogens is 260 g/mol. The van der Waals surface area contributed by atoms with Crippen LogP contribution >= 0.6 is 0 Å². The van der Waals surface area contributed by atoms with Crippen LogP contribution in [0.2, 0.25) is 0 Å². The molecule has 1 rings (SSSR count). The van der Waals surface area contributed by atoms with Crippen LogP contribution in [-0.2, 0) is 14.3 Å². The molecule has 0 spiro atoms. The highest BCUT2D eigenvalue weighted by atomic mass is 32.2. The second-order valence-electron chi connectivity index (χ2n) is 5.94. The standard InChI is InChI=1S/C15H30O3S/c1-19(16,17)18-14-9-7-5-3-2-4-6-8-11-15-12-10-13-15/h15H,2-14H2,1H3. The van der Waals surface area contributed by atoms with E-state index < -0.39 is 10.1 Å². The smallest absolute Gasteiger partial charge is 0.264 e. The van der Waals surface area contributed by atoms with Gasteiger partial charge in [-0.1, -0.05) is 70.6 Å². The molecule has 114 valence electrons. The van der Waals surface area contributed by atoms with Crippen molar-refractivity contribution in [2.75, 3.05) is 12.9 Å². The van der Waals surface area contributed by atoms with Crippen molar-refractivity contribution in [2.45, 2.75) is 77.0 Å². The summed E-state index contributed by atoms with van der Waals surface area (Å²) in [5, 5.41) is 0. The van der Waals surface area contributed by atoms with E-state index in [1.807, 2.05) is 0 Å². The molecule has 1 fully saturated rings. The van der Waals surface area contributed by atoms with Crippen molar-refractivity contribution in [3.63, 3.8) is 0 Å². The summed E-state index contributed by atoms with van der Waals surface area (Å²) in [7, 11) is -3.24. The van der Waals surface area contributed by atoms with Gasteiger partial charge in [-0.3, -0.25) is 4.18 Å². The second-order valence-corrected chi connectivity index (χ2v) is 7.58. The van der Waals surface area contributed by atoms with E-state index in [2.05, 4.69) is 0 Å². The maximum Gasteiger partial charge on any atom is 0.264 e. The van der Waals surface area contributed by atoms with E-state index in [1.165, 1.54) is 64.2 Å². The molecule has 3 nitrogen and oxygen atoms in total. The van der Waals surface area contributed by atoms with Crippen molar-refractivity contribution in [1.82, 2.24) is 0 Å². The Hall–Kier alpha value is -0.0900. The largest absolute Gasteiger partial charge is 0.270 e. The van der Waals surface area contributed by atoms with Gasteiger partial charge in [0.05, 0.1) is 12.9 Å². The molecule has 0 N–H and O–H groups in total. The van der Waals surface area contributed by atoms with Crippen molar-refractivity contribution < 1.29 is 12.6 Å². The highest BCUT2D eigenvalue weighted by Gasteiger charge is 2.15. The van der Waals surface area contributed by atoms with Gasteiger partial charge in [0.2, 0.25) is 0 Å². The normalized spacial score (nSPS) is 16.5. The van der Waals surface area contributed by atoms with Gasteiger partial charge in [0.1, 0.15) is 0 Å². The molecule has 0 bridgehead atoms. The second kappa shape index (κ2) is 9.76. The molecule has 0 radical (unpaired) electrons. The molecule has 4 heteroatoms. The van der Waals surface area contributed by atoms with Gasteiger partial charge in [-0.2, -0.15) is 8.42 Å². The summed E-state index contributed by atoms with van der Waals surface area (Å²) >= 11 is 0. The van der Waals surface area contributed by atoms with Gasteiger partial charge in [0.25, 0.3) is 10.1 Å². The molecule has 1 saturated carbocycles. The molecule has 0 aromatic carbocycles. The van der Waals surface area contributed by atoms with Gasteiger partial charge in [-0.15, -0.1) is 0 Å². The van der Waals surface area contributed by atoms with Gasteiger partial charge >= 0.3 is 0 Å². The molecule has 0 amide bonds. The lowest BCUT2D eigenvalue weighted by molar-refractivity contribution is 0.286. The number of unbranched alkanes of at least 4 members (excludes halogenated alkanes) is 7. The third-order valence-corrected chi connectivity index (χ3v) is 4.62. The van der Waals surface area contributed by atoms with Gasteiger partial charge in [-0.05, 0) is 12.3 Å². The van der Waals surface area contributed by atoms with Crippen molar-refractivity contribution >= 4 is 10.1 Å². The lowest BCUT2D eigenvalue weighted by Gasteiger charge is -2.24. The van der Waals surface area contributed by atoms with Crippen LogP contribution in [0.4, 0.5) is 0 Å². The van der Waals surface area contributed by atoms with Crippen molar-refractivity contribution in [3.8, 4) is 0 Å². The Morgan fingerprint density at radius 2 is 1.42 bits per heavy atom. The summed E-state index contributed by atoms with van der Waals surface area (Å²) in [6.45, 7) is 0.347. The first-order chi connectivity index (χ1) is 9.08. The number of rotatable bonds is 12. The van der Waals surface area contributed by atoms with E-state index in [-0.39, 0.29) is 0 Å². The predicted molar refractivity (Wildman–Crippen MR) is 79.7 cm³/mol. The maximum absolute atomic E-state index is 10.7. The Labute approximate surface area is 119 Å². The van der Waals surface area contributed by atoms with Gasteiger partial charge < -0.3 is 0 Å². The SMILES string of the molecule is CS(=O)(=O)OCCCCCCCCCCC1CCC1. The Balaban J connectivity index is 1.71. The summed E-state index contributed by atoms with van der Waals surface area (Å²) in [5.74, 6) is 1.06.